The highest BCUT2D eigenvalue weighted by molar-refractivity contribution is 5.41. The summed E-state index contributed by atoms with van der Waals surface area (Å²) >= 11 is 0. The van der Waals surface area contributed by atoms with Crippen molar-refractivity contribution in [1.82, 2.24) is 19.5 Å². The van der Waals surface area contributed by atoms with E-state index in [1.807, 2.05) is 29.6 Å². The third kappa shape index (κ3) is 3.06. The minimum absolute atomic E-state index is 0.128. The van der Waals surface area contributed by atoms with E-state index in [0.717, 1.165) is 12.8 Å². The van der Waals surface area contributed by atoms with Crippen LogP contribution < -0.4 is 4.90 Å². The Morgan fingerprint density at radius 2 is 2.04 bits per heavy atom. The zero-order valence-corrected chi connectivity index (χ0v) is 13.5. The number of hydrogen-bond acceptors (Lipinski definition) is 5. The molecule has 1 atom stereocenters. The van der Waals surface area contributed by atoms with Crippen molar-refractivity contribution in [3.05, 3.63) is 36.1 Å². The molecule has 6 nitrogen and oxygen atoms in total. The van der Waals surface area contributed by atoms with Gasteiger partial charge >= 0.3 is 0 Å². The van der Waals surface area contributed by atoms with E-state index in [2.05, 4.69) is 15.0 Å². The van der Waals surface area contributed by atoms with Crippen molar-refractivity contribution >= 4 is 5.82 Å². The first-order valence-corrected chi connectivity index (χ1v) is 8.01. The van der Waals surface area contributed by atoms with Gasteiger partial charge in [0.15, 0.2) is 11.6 Å². The lowest BCUT2D eigenvalue weighted by Gasteiger charge is -2.34. The highest BCUT2D eigenvalue weighted by atomic mass is 19.1. The molecule has 0 saturated carbocycles. The summed E-state index contributed by atoms with van der Waals surface area (Å²) in [6.07, 6.45) is 6.46. The molecule has 0 radical (unpaired) electrons. The molecule has 1 aliphatic heterocycles. The molecule has 2 aromatic rings. The van der Waals surface area contributed by atoms with Crippen LogP contribution in [0.2, 0.25) is 0 Å². The van der Waals surface area contributed by atoms with Gasteiger partial charge in [-0.05, 0) is 25.2 Å². The normalized spacial score (nSPS) is 17.5. The lowest BCUT2D eigenvalue weighted by Crippen LogP contribution is -2.37. The van der Waals surface area contributed by atoms with Crippen LogP contribution >= 0.6 is 0 Å². The fourth-order valence-corrected chi connectivity index (χ4v) is 3.16. The predicted molar refractivity (Wildman–Crippen MR) is 84.5 cm³/mol. The van der Waals surface area contributed by atoms with E-state index in [9.17, 15) is 9.50 Å². The summed E-state index contributed by atoms with van der Waals surface area (Å²) in [6, 6.07) is 0. The van der Waals surface area contributed by atoms with Gasteiger partial charge in [-0.1, -0.05) is 6.92 Å². The smallest absolute Gasteiger partial charge is 0.187 e. The third-order valence-corrected chi connectivity index (χ3v) is 4.59. The second-order valence-electron chi connectivity index (χ2n) is 5.98. The average molecular weight is 319 g/mol. The Morgan fingerprint density at radius 3 is 2.65 bits per heavy atom. The molecule has 3 rings (SSSR count). The number of rotatable bonds is 4. The molecule has 0 aromatic carbocycles. The summed E-state index contributed by atoms with van der Waals surface area (Å²) in [4.78, 5) is 14.2. The standard InChI is InChI=1S/C16H22FN5O/c1-3-12-13(17)15(20-10-19-12)22-7-4-11(5-8-22)14(23)16-18-6-9-21(16)2/h6,9-11,14,23H,3-5,7-8H2,1-2H3. The van der Waals surface area contributed by atoms with Crippen LogP contribution in [0.25, 0.3) is 0 Å². The van der Waals surface area contributed by atoms with Crippen molar-refractivity contribution in [2.45, 2.75) is 32.3 Å². The van der Waals surface area contributed by atoms with Gasteiger partial charge in [-0.2, -0.15) is 0 Å². The predicted octanol–water partition coefficient (Wildman–Crippen LogP) is 1.86. The van der Waals surface area contributed by atoms with Crippen LogP contribution in [-0.2, 0) is 13.5 Å². The first-order chi connectivity index (χ1) is 11.1. The maximum absolute atomic E-state index is 14.4. The largest absolute Gasteiger partial charge is 0.385 e. The molecule has 1 saturated heterocycles. The van der Waals surface area contributed by atoms with Gasteiger partial charge in [0.2, 0.25) is 0 Å². The number of aryl methyl sites for hydroxylation is 2. The van der Waals surface area contributed by atoms with Gasteiger partial charge in [0.05, 0.1) is 5.69 Å². The molecular weight excluding hydrogens is 297 g/mol. The van der Waals surface area contributed by atoms with Crippen LogP contribution in [0.4, 0.5) is 10.2 Å². The zero-order valence-electron chi connectivity index (χ0n) is 13.5. The summed E-state index contributed by atoms with van der Waals surface area (Å²) in [5.74, 6) is 0.868. The summed E-state index contributed by atoms with van der Waals surface area (Å²) in [5, 5.41) is 10.5. The van der Waals surface area contributed by atoms with E-state index in [-0.39, 0.29) is 11.7 Å². The van der Waals surface area contributed by atoms with Crippen LogP contribution in [0, 0.1) is 11.7 Å². The topological polar surface area (TPSA) is 67.1 Å². The van der Waals surface area contributed by atoms with Crippen molar-refractivity contribution in [1.29, 1.82) is 0 Å². The molecule has 7 heteroatoms. The van der Waals surface area contributed by atoms with Crippen molar-refractivity contribution in [2.24, 2.45) is 13.0 Å². The van der Waals surface area contributed by atoms with Crippen LogP contribution in [0.15, 0.2) is 18.7 Å². The van der Waals surface area contributed by atoms with Crippen molar-refractivity contribution < 1.29 is 9.50 Å². The number of halogens is 1. The van der Waals surface area contributed by atoms with Crippen LogP contribution in [-0.4, -0.2) is 37.7 Å². The zero-order chi connectivity index (χ0) is 16.4. The molecule has 0 spiro atoms. The van der Waals surface area contributed by atoms with Gasteiger partial charge < -0.3 is 14.6 Å². The molecule has 23 heavy (non-hydrogen) atoms. The molecule has 0 bridgehead atoms. The lowest BCUT2D eigenvalue weighted by atomic mass is 9.90. The number of piperidine rings is 1. The van der Waals surface area contributed by atoms with Gasteiger partial charge in [-0.15, -0.1) is 0 Å². The maximum atomic E-state index is 14.4. The molecule has 1 unspecified atom stereocenters. The van der Waals surface area contributed by atoms with Crippen molar-refractivity contribution in [3.8, 4) is 0 Å². The molecule has 1 N–H and O–H groups in total. The number of hydrogen-bond donors (Lipinski definition) is 1. The number of anilines is 1. The second kappa shape index (κ2) is 6.62. The van der Waals surface area contributed by atoms with Gasteiger partial charge in [0.25, 0.3) is 0 Å². The third-order valence-electron chi connectivity index (χ3n) is 4.59. The number of aromatic nitrogens is 4. The van der Waals surface area contributed by atoms with E-state index in [4.69, 9.17) is 0 Å². The fraction of sp³-hybridized carbons (Fsp3) is 0.562. The van der Waals surface area contributed by atoms with E-state index in [1.165, 1.54) is 6.33 Å². The van der Waals surface area contributed by atoms with Crippen molar-refractivity contribution in [2.75, 3.05) is 18.0 Å². The molecule has 0 aliphatic carbocycles. The van der Waals surface area contributed by atoms with Gasteiger partial charge in [0.1, 0.15) is 18.3 Å². The quantitative estimate of drug-likeness (QED) is 0.932. The van der Waals surface area contributed by atoms with Gasteiger partial charge in [-0.3, -0.25) is 0 Å². The monoisotopic (exact) mass is 319 g/mol. The van der Waals surface area contributed by atoms with Gasteiger partial charge in [-0.25, -0.2) is 19.3 Å². The Morgan fingerprint density at radius 1 is 1.30 bits per heavy atom. The van der Waals surface area contributed by atoms with Crippen LogP contribution in [0.3, 0.4) is 0 Å². The summed E-state index contributed by atoms with van der Waals surface area (Å²) in [6.45, 7) is 3.22. The molecule has 2 aromatic heterocycles. The first kappa shape index (κ1) is 15.9. The first-order valence-electron chi connectivity index (χ1n) is 8.01. The Balaban J connectivity index is 1.68. The van der Waals surface area contributed by atoms with Gasteiger partial charge in [0, 0.05) is 32.5 Å². The second-order valence-corrected chi connectivity index (χ2v) is 5.98. The van der Waals surface area contributed by atoms with E-state index in [0.29, 0.717) is 36.8 Å². The highest BCUT2D eigenvalue weighted by Crippen LogP contribution is 2.32. The number of aliphatic hydroxyl groups is 1. The Bertz CT molecular complexity index is 666. The van der Waals surface area contributed by atoms with E-state index < -0.39 is 6.10 Å². The SMILES string of the molecule is CCc1ncnc(N2CCC(C(O)c3nccn3C)CC2)c1F. The molecule has 3 heterocycles. The molecule has 0 amide bonds. The van der Waals surface area contributed by atoms with Crippen molar-refractivity contribution in [3.63, 3.8) is 0 Å². The number of aliphatic hydroxyl groups excluding tert-OH is 1. The Kier molecular flexibility index (Phi) is 4.56. The molecular formula is C16H22FN5O. The summed E-state index contributed by atoms with van der Waals surface area (Å²) < 4.78 is 16.2. The minimum atomic E-state index is -0.585. The highest BCUT2D eigenvalue weighted by Gasteiger charge is 2.30. The van der Waals surface area contributed by atoms with E-state index >= 15 is 0 Å². The summed E-state index contributed by atoms with van der Waals surface area (Å²) in [5.41, 5.74) is 0.449. The summed E-state index contributed by atoms with van der Waals surface area (Å²) in [7, 11) is 1.88. The maximum Gasteiger partial charge on any atom is 0.187 e. The van der Waals surface area contributed by atoms with E-state index in [1.54, 1.807) is 6.20 Å². The molecule has 124 valence electrons. The Hall–Kier alpha value is -2.02. The Labute approximate surface area is 135 Å². The average Bonchev–Trinajstić information content (AvgIpc) is 3.01. The molecule has 1 aliphatic rings. The number of imidazole rings is 1. The lowest BCUT2D eigenvalue weighted by molar-refractivity contribution is 0.0823. The number of nitrogens with zero attached hydrogens (tertiary/aromatic N) is 5. The minimum Gasteiger partial charge on any atom is -0.385 e. The van der Waals surface area contributed by atoms with Crippen LogP contribution in [0.1, 0.15) is 37.4 Å². The molecule has 1 fully saturated rings. The van der Waals surface area contributed by atoms with Crippen LogP contribution in [0.5, 0.6) is 0 Å². The fourth-order valence-electron chi connectivity index (χ4n) is 3.16.